The van der Waals surface area contributed by atoms with Gasteiger partial charge in [0.05, 0.1) is 19.3 Å². The number of aryl methyl sites for hydroxylation is 1. The third-order valence-electron chi connectivity index (χ3n) is 3.51. The quantitative estimate of drug-likeness (QED) is 0.823. The summed E-state index contributed by atoms with van der Waals surface area (Å²) in [5, 5.41) is 12.8. The molecule has 2 rings (SSSR count). The van der Waals surface area contributed by atoms with Crippen LogP contribution in [0.15, 0.2) is 12.4 Å². The van der Waals surface area contributed by atoms with Gasteiger partial charge in [-0.3, -0.25) is 14.4 Å². The Morgan fingerprint density at radius 2 is 2.00 bits per heavy atom. The van der Waals surface area contributed by atoms with Crippen LogP contribution in [0.2, 0.25) is 0 Å². The SMILES string of the molecule is CN(Cc1cnn(C)c1)C(=O)N1CCN(CC(=O)O)CC1. The number of urea groups is 1. The molecular weight excluding hydrogens is 274 g/mol. The minimum atomic E-state index is -0.830. The average molecular weight is 295 g/mol. The van der Waals surface area contributed by atoms with Gasteiger partial charge < -0.3 is 14.9 Å². The topological polar surface area (TPSA) is 81.9 Å². The predicted molar refractivity (Wildman–Crippen MR) is 75.7 cm³/mol. The first-order chi connectivity index (χ1) is 9.95. The van der Waals surface area contributed by atoms with E-state index in [1.54, 1.807) is 27.7 Å². The Morgan fingerprint density at radius 3 is 2.52 bits per heavy atom. The van der Waals surface area contributed by atoms with Crippen LogP contribution in [0.25, 0.3) is 0 Å². The van der Waals surface area contributed by atoms with E-state index in [-0.39, 0.29) is 12.6 Å². The zero-order valence-corrected chi connectivity index (χ0v) is 12.4. The van der Waals surface area contributed by atoms with Crippen molar-refractivity contribution < 1.29 is 14.7 Å². The first kappa shape index (κ1) is 15.3. The third-order valence-corrected chi connectivity index (χ3v) is 3.51. The molecule has 0 bridgehead atoms. The maximum absolute atomic E-state index is 12.3. The van der Waals surface area contributed by atoms with Crippen molar-refractivity contribution in [1.82, 2.24) is 24.5 Å². The van der Waals surface area contributed by atoms with Gasteiger partial charge in [0, 0.05) is 52.0 Å². The lowest BCUT2D eigenvalue weighted by atomic mass is 10.3. The standard InChI is InChI=1S/C13H21N5O3/c1-15(8-11-7-14-16(2)9-11)13(21)18-5-3-17(4-6-18)10-12(19)20/h7,9H,3-6,8,10H2,1-2H3,(H,19,20). The van der Waals surface area contributed by atoms with E-state index in [9.17, 15) is 9.59 Å². The van der Waals surface area contributed by atoms with E-state index in [2.05, 4.69) is 5.10 Å². The molecule has 1 aromatic rings. The fraction of sp³-hybridized carbons (Fsp3) is 0.615. The number of carboxylic acid groups (broad SMARTS) is 1. The molecule has 1 fully saturated rings. The normalized spacial score (nSPS) is 16.0. The van der Waals surface area contributed by atoms with Crippen LogP contribution in [-0.4, -0.2) is 81.4 Å². The second kappa shape index (κ2) is 6.57. The molecule has 1 N–H and O–H groups in total. The number of nitrogens with zero attached hydrogens (tertiary/aromatic N) is 5. The Bertz CT molecular complexity index is 508. The van der Waals surface area contributed by atoms with Gasteiger partial charge in [0.2, 0.25) is 0 Å². The number of piperazine rings is 1. The van der Waals surface area contributed by atoms with Crippen molar-refractivity contribution >= 4 is 12.0 Å². The summed E-state index contributed by atoms with van der Waals surface area (Å²) < 4.78 is 1.71. The molecule has 1 aliphatic heterocycles. The molecule has 0 radical (unpaired) electrons. The number of aromatic nitrogens is 2. The second-order valence-corrected chi connectivity index (χ2v) is 5.32. The number of rotatable bonds is 4. The summed E-state index contributed by atoms with van der Waals surface area (Å²) in [6.07, 6.45) is 3.63. The van der Waals surface area contributed by atoms with Gasteiger partial charge in [-0.25, -0.2) is 4.79 Å². The van der Waals surface area contributed by atoms with Gasteiger partial charge in [0.25, 0.3) is 0 Å². The zero-order chi connectivity index (χ0) is 15.4. The number of amides is 2. The fourth-order valence-electron chi connectivity index (χ4n) is 2.42. The van der Waals surface area contributed by atoms with Crippen LogP contribution >= 0.6 is 0 Å². The maximum atomic E-state index is 12.3. The van der Waals surface area contributed by atoms with Gasteiger partial charge in [-0.1, -0.05) is 0 Å². The monoisotopic (exact) mass is 295 g/mol. The molecule has 8 heteroatoms. The van der Waals surface area contributed by atoms with Crippen molar-refractivity contribution in [2.75, 3.05) is 39.8 Å². The van der Waals surface area contributed by atoms with Crippen LogP contribution in [0.1, 0.15) is 5.56 Å². The van der Waals surface area contributed by atoms with E-state index in [4.69, 9.17) is 5.11 Å². The van der Waals surface area contributed by atoms with E-state index >= 15 is 0 Å². The lowest BCUT2D eigenvalue weighted by molar-refractivity contribution is -0.138. The van der Waals surface area contributed by atoms with Gasteiger partial charge >= 0.3 is 12.0 Å². The lowest BCUT2D eigenvalue weighted by Crippen LogP contribution is -2.52. The highest BCUT2D eigenvalue weighted by atomic mass is 16.4. The van der Waals surface area contributed by atoms with Crippen molar-refractivity contribution in [1.29, 1.82) is 0 Å². The summed E-state index contributed by atoms with van der Waals surface area (Å²) in [6, 6.07) is -0.0335. The summed E-state index contributed by atoms with van der Waals surface area (Å²) in [5.74, 6) is -0.830. The van der Waals surface area contributed by atoms with Gasteiger partial charge in [0.15, 0.2) is 0 Å². The molecule has 2 heterocycles. The molecule has 8 nitrogen and oxygen atoms in total. The Kier molecular flexibility index (Phi) is 4.79. The highest BCUT2D eigenvalue weighted by molar-refractivity contribution is 5.74. The number of carbonyl (C=O) groups excluding carboxylic acids is 1. The van der Waals surface area contributed by atoms with Crippen molar-refractivity contribution in [3.05, 3.63) is 18.0 Å². The second-order valence-electron chi connectivity index (χ2n) is 5.32. The summed E-state index contributed by atoms with van der Waals surface area (Å²) in [5.41, 5.74) is 0.984. The van der Waals surface area contributed by atoms with Gasteiger partial charge in [-0.05, 0) is 0 Å². The smallest absolute Gasteiger partial charge is 0.320 e. The molecule has 0 spiro atoms. The van der Waals surface area contributed by atoms with E-state index in [1.165, 1.54) is 0 Å². The van der Waals surface area contributed by atoms with Crippen molar-refractivity contribution in [2.45, 2.75) is 6.54 Å². The summed E-state index contributed by atoms with van der Waals surface area (Å²) in [4.78, 5) is 28.2. The maximum Gasteiger partial charge on any atom is 0.320 e. The van der Waals surface area contributed by atoms with Gasteiger partial charge in [-0.15, -0.1) is 0 Å². The Morgan fingerprint density at radius 1 is 1.33 bits per heavy atom. The number of carbonyl (C=O) groups is 2. The van der Waals surface area contributed by atoms with Crippen LogP contribution in [0, 0.1) is 0 Å². The van der Waals surface area contributed by atoms with Crippen LogP contribution in [0.3, 0.4) is 0 Å². The van der Waals surface area contributed by atoms with Gasteiger partial charge in [0.1, 0.15) is 0 Å². The van der Waals surface area contributed by atoms with Crippen molar-refractivity contribution in [3.63, 3.8) is 0 Å². The van der Waals surface area contributed by atoms with E-state index in [0.717, 1.165) is 5.56 Å². The molecule has 0 aromatic carbocycles. The van der Waals surface area contributed by atoms with E-state index in [0.29, 0.717) is 32.7 Å². The summed E-state index contributed by atoms with van der Waals surface area (Å²) in [7, 11) is 3.60. The molecule has 0 saturated carbocycles. The molecule has 0 aliphatic carbocycles. The number of hydrogen-bond acceptors (Lipinski definition) is 4. The van der Waals surface area contributed by atoms with Crippen LogP contribution < -0.4 is 0 Å². The molecule has 0 atom stereocenters. The Hall–Kier alpha value is -2.09. The number of hydrogen-bond donors (Lipinski definition) is 1. The van der Waals surface area contributed by atoms with E-state index in [1.807, 2.05) is 18.1 Å². The molecule has 116 valence electrons. The average Bonchev–Trinajstić information content (AvgIpc) is 2.83. The van der Waals surface area contributed by atoms with Gasteiger partial charge in [-0.2, -0.15) is 5.10 Å². The molecular formula is C13H21N5O3. The van der Waals surface area contributed by atoms with E-state index < -0.39 is 5.97 Å². The minimum Gasteiger partial charge on any atom is -0.480 e. The number of carboxylic acids is 1. The minimum absolute atomic E-state index is 0.0335. The summed E-state index contributed by atoms with van der Waals surface area (Å²) >= 11 is 0. The lowest BCUT2D eigenvalue weighted by Gasteiger charge is -2.35. The highest BCUT2D eigenvalue weighted by Crippen LogP contribution is 2.08. The molecule has 1 aromatic heterocycles. The van der Waals surface area contributed by atoms with Crippen LogP contribution in [0.5, 0.6) is 0 Å². The largest absolute Gasteiger partial charge is 0.480 e. The fourth-order valence-corrected chi connectivity index (χ4v) is 2.42. The Balaban J connectivity index is 1.82. The first-order valence-corrected chi connectivity index (χ1v) is 6.87. The molecule has 21 heavy (non-hydrogen) atoms. The van der Waals surface area contributed by atoms with Crippen LogP contribution in [0.4, 0.5) is 4.79 Å². The molecule has 1 saturated heterocycles. The molecule has 1 aliphatic rings. The predicted octanol–water partition coefficient (Wildman–Crippen LogP) is -0.326. The van der Waals surface area contributed by atoms with Crippen molar-refractivity contribution in [2.24, 2.45) is 7.05 Å². The van der Waals surface area contributed by atoms with Crippen LogP contribution in [-0.2, 0) is 18.4 Å². The number of aliphatic carboxylic acids is 1. The van der Waals surface area contributed by atoms with Crippen molar-refractivity contribution in [3.8, 4) is 0 Å². The molecule has 0 unspecified atom stereocenters. The zero-order valence-electron chi connectivity index (χ0n) is 12.4. The first-order valence-electron chi connectivity index (χ1n) is 6.87. The third kappa shape index (κ3) is 4.19. The summed E-state index contributed by atoms with van der Waals surface area (Å²) in [6.45, 7) is 2.86. The highest BCUT2D eigenvalue weighted by Gasteiger charge is 2.24. The molecule has 2 amide bonds. The Labute approximate surface area is 123 Å².